The third-order valence-corrected chi connectivity index (χ3v) is 9.48. The summed E-state index contributed by atoms with van der Waals surface area (Å²) in [6.07, 6.45) is -2.13. The van der Waals surface area contributed by atoms with E-state index in [0.717, 1.165) is 50.9 Å². The number of piperidine rings is 2. The molecule has 0 radical (unpaired) electrons. The lowest BCUT2D eigenvalue weighted by molar-refractivity contribution is -0.137. The summed E-state index contributed by atoms with van der Waals surface area (Å²) in [5.41, 5.74) is -0.205. The zero-order valence-corrected chi connectivity index (χ0v) is 22.4. The first-order valence-electron chi connectivity index (χ1n) is 13.3. The minimum Gasteiger partial charge on any atom is -0.484 e. The van der Waals surface area contributed by atoms with Crippen molar-refractivity contribution in [2.75, 3.05) is 31.9 Å². The van der Waals surface area contributed by atoms with E-state index in [1.54, 1.807) is 12.1 Å². The predicted octanol–water partition coefficient (Wildman–Crippen LogP) is 5.40. The van der Waals surface area contributed by atoms with Gasteiger partial charge >= 0.3 is 12.3 Å². The number of thioether (sulfide) groups is 1. The van der Waals surface area contributed by atoms with Crippen LogP contribution in [-0.2, 0) is 15.7 Å². The molecule has 7 nitrogen and oxygen atoms in total. The maximum atomic E-state index is 13.0. The summed E-state index contributed by atoms with van der Waals surface area (Å²) in [6.45, 7) is 2.52. The van der Waals surface area contributed by atoms with Crippen LogP contribution in [0, 0.1) is 0 Å². The van der Waals surface area contributed by atoms with Crippen LogP contribution >= 0.6 is 11.8 Å². The molecule has 0 N–H and O–H groups in total. The number of carbonyl (C=O) groups is 3. The quantitative estimate of drug-likeness (QED) is 0.446. The molecule has 0 aromatic heterocycles. The van der Waals surface area contributed by atoms with Crippen LogP contribution in [0.15, 0.2) is 53.4 Å². The number of fused-ring (bicyclic) bond motifs is 2. The Bertz CT molecular complexity index is 1390. The first-order valence-corrected chi connectivity index (χ1v) is 14.2. The van der Waals surface area contributed by atoms with Crippen molar-refractivity contribution in [3.8, 4) is 5.75 Å². The Balaban J connectivity index is 1.04. The minimum absolute atomic E-state index is 0.126. The lowest BCUT2D eigenvalue weighted by Crippen LogP contribution is -2.54. The Morgan fingerprint density at radius 1 is 0.950 bits per heavy atom. The molecule has 2 aromatic rings. The van der Waals surface area contributed by atoms with Crippen molar-refractivity contribution in [1.29, 1.82) is 0 Å². The average molecular weight is 573 g/mol. The third-order valence-electron chi connectivity index (χ3n) is 8.15. The van der Waals surface area contributed by atoms with Gasteiger partial charge in [-0.05, 0) is 31.0 Å². The standard InChI is InChI=1S/C29H27F3N2O5S/c30-29(31,32)18-4-3-5-20(16-18)38-27(37)34-12-8-19(9-13-34)33-14-10-28(11-15-33)17-40-26-24(36)23(35)21-6-1-2-7-22(21)25(26)39-28/h1-7,16,19H,8-15,17H2. The molecule has 1 amide bonds. The molecule has 210 valence electrons. The van der Waals surface area contributed by atoms with E-state index in [1.807, 2.05) is 12.1 Å². The van der Waals surface area contributed by atoms with E-state index in [0.29, 0.717) is 40.6 Å². The number of nitrogens with zero attached hydrogens (tertiary/aromatic N) is 2. The van der Waals surface area contributed by atoms with Gasteiger partial charge in [-0.1, -0.05) is 30.3 Å². The normalized spacial score (nSPS) is 21.6. The van der Waals surface area contributed by atoms with Crippen LogP contribution in [0.2, 0.25) is 0 Å². The first-order chi connectivity index (χ1) is 19.1. The van der Waals surface area contributed by atoms with E-state index in [2.05, 4.69) is 4.90 Å². The maximum absolute atomic E-state index is 13.0. The topological polar surface area (TPSA) is 76.2 Å². The Labute approximate surface area is 233 Å². The molecule has 3 heterocycles. The lowest BCUT2D eigenvalue weighted by atomic mass is 9.88. The molecule has 1 aliphatic carbocycles. The molecule has 0 atom stereocenters. The van der Waals surface area contributed by atoms with Crippen molar-refractivity contribution in [1.82, 2.24) is 9.80 Å². The van der Waals surface area contributed by atoms with E-state index >= 15 is 0 Å². The monoisotopic (exact) mass is 572 g/mol. The second kappa shape index (κ2) is 10.3. The van der Waals surface area contributed by atoms with Crippen LogP contribution in [0.1, 0.15) is 47.2 Å². The smallest absolute Gasteiger partial charge is 0.416 e. The van der Waals surface area contributed by atoms with E-state index in [4.69, 9.17) is 9.47 Å². The first kappa shape index (κ1) is 26.9. The number of carbonyl (C=O) groups excluding carboxylic acids is 3. The Hall–Kier alpha value is -3.31. The number of benzene rings is 2. The highest BCUT2D eigenvalue weighted by Crippen LogP contribution is 2.47. The second-order valence-corrected chi connectivity index (χ2v) is 11.6. The SMILES string of the molecule is O=C1C(=O)c2ccccc2C2=C1SCC1(CCN(C3CCN(C(=O)Oc4cccc(C(F)(F)F)c4)CC3)CC1)O2. The van der Waals surface area contributed by atoms with Crippen LogP contribution in [-0.4, -0.2) is 71.0 Å². The van der Waals surface area contributed by atoms with E-state index in [1.165, 1.54) is 28.8 Å². The fourth-order valence-corrected chi connectivity index (χ4v) is 7.13. The number of alkyl halides is 3. The lowest BCUT2D eigenvalue weighted by Gasteiger charge is -2.48. The molecule has 2 saturated heterocycles. The largest absolute Gasteiger partial charge is 0.484 e. The third kappa shape index (κ3) is 5.01. The summed E-state index contributed by atoms with van der Waals surface area (Å²) in [5.74, 6) is 0.0300. The van der Waals surface area contributed by atoms with Gasteiger partial charge in [-0.25, -0.2) is 4.79 Å². The molecule has 4 aliphatic rings. The Morgan fingerprint density at radius 3 is 2.35 bits per heavy atom. The van der Waals surface area contributed by atoms with Crippen LogP contribution in [0.3, 0.4) is 0 Å². The van der Waals surface area contributed by atoms with Gasteiger partial charge in [-0.3, -0.25) is 14.5 Å². The van der Waals surface area contributed by atoms with E-state index < -0.39 is 35.0 Å². The summed E-state index contributed by atoms with van der Waals surface area (Å²) >= 11 is 1.42. The summed E-state index contributed by atoms with van der Waals surface area (Å²) in [5, 5.41) is 0. The van der Waals surface area contributed by atoms with E-state index in [9.17, 15) is 27.6 Å². The molecule has 1 spiro atoms. The van der Waals surface area contributed by atoms with Gasteiger partial charge in [-0.15, -0.1) is 11.8 Å². The van der Waals surface area contributed by atoms with Gasteiger partial charge in [0.1, 0.15) is 22.0 Å². The van der Waals surface area contributed by atoms with Gasteiger partial charge in [0.15, 0.2) is 0 Å². The predicted molar refractivity (Wildman–Crippen MR) is 142 cm³/mol. The Kier molecular flexibility index (Phi) is 6.90. The molecule has 6 rings (SSSR count). The highest BCUT2D eigenvalue weighted by molar-refractivity contribution is 8.04. The Morgan fingerprint density at radius 2 is 1.65 bits per heavy atom. The van der Waals surface area contributed by atoms with Gasteiger partial charge in [0.05, 0.1) is 5.56 Å². The summed E-state index contributed by atoms with van der Waals surface area (Å²) in [6, 6.07) is 11.7. The second-order valence-electron chi connectivity index (χ2n) is 10.6. The molecule has 0 saturated carbocycles. The number of allylic oxidation sites excluding steroid dienone is 1. The average Bonchev–Trinajstić information content (AvgIpc) is 2.96. The minimum atomic E-state index is -4.51. The zero-order valence-electron chi connectivity index (χ0n) is 21.5. The highest BCUT2D eigenvalue weighted by atomic mass is 32.2. The van der Waals surface area contributed by atoms with Crippen molar-refractivity contribution >= 4 is 35.2 Å². The number of hydrogen-bond donors (Lipinski definition) is 0. The number of Topliss-reactive ketones (excluding diaryl/α,β-unsaturated/α-hetero) is 2. The van der Waals surface area contributed by atoms with Crippen LogP contribution < -0.4 is 4.74 Å². The fourth-order valence-electron chi connectivity index (χ4n) is 5.87. The number of amides is 1. The van der Waals surface area contributed by atoms with Gasteiger partial charge in [-0.2, -0.15) is 13.2 Å². The van der Waals surface area contributed by atoms with Gasteiger partial charge in [0.25, 0.3) is 0 Å². The molecule has 2 fully saturated rings. The number of ketones is 2. The van der Waals surface area contributed by atoms with E-state index in [-0.39, 0.29) is 11.8 Å². The molecule has 2 aromatic carbocycles. The molecule has 3 aliphatic heterocycles. The zero-order chi connectivity index (χ0) is 28.1. The van der Waals surface area contributed by atoms with Gasteiger partial charge < -0.3 is 14.4 Å². The number of halogens is 3. The fraction of sp³-hybridized carbons (Fsp3) is 0.414. The number of hydrogen-bond acceptors (Lipinski definition) is 7. The van der Waals surface area contributed by atoms with Crippen LogP contribution in [0.5, 0.6) is 5.75 Å². The molecular formula is C29H27F3N2O5S. The van der Waals surface area contributed by atoms with Gasteiger partial charge in [0.2, 0.25) is 11.6 Å². The molecule has 0 bridgehead atoms. The summed E-state index contributed by atoms with van der Waals surface area (Å²) < 4.78 is 50.7. The van der Waals surface area contributed by atoms with Crippen molar-refractivity contribution in [2.24, 2.45) is 0 Å². The molecular weight excluding hydrogens is 545 g/mol. The summed E-state index contributed by atoms with van der Waals surface area (Å²) in [4.78, 5) is 42.2. The maximum Gasteiger partial charge on any atom is 0.416 e. The number of likely N-dealkylation sites (tertiary alicyclic amines) is 2. The summed E-state index contributed by atoms with van der Waals surface area (Å²) in [7, 11) is 0. The molecule has 11 heteroatoms. The van der Waals surface area contributed by atoms with Crippen molar-refractivity contribution in [3.63, 3.8) is 0 Å². The van der Waals surface area contributed by atoms with Crippen molar-refractivity contribution in [2.45, 2.75) is 43.5 Å². The van der Waals surface area contributed by atoms with Crippen LogP contribution in [0.25, 0.3) is 5.76 Å². The van der Waals surface area contributed by atoms with Crippen molar-refractivity contribution in [3.05, 3.63) is 70.1 Å². The number of rotatable bonds is 2. The van der Waals surface area contributed by atoms with Gasteiger partial charge in [0, 0.05) is 61.9 Å². The molecule has 0 unspecified atom stereocenters. The highest BCUT2D eigenvalue weighted by Gasteiger charge is 2.46. The molecule has 40 heavy (non-hydrogen) atoms. The number of ether oxygens (including phenoxy) is 2. The van der Waals surface area contributed by atoms with Crippen LogP contribution in [0.4, 0.5) is 18.0 Å². The van der Waals surface area contributed by atoms with Crippen molar-refractivity contribution < 1.29 is 37.0 Å².